The van der Waals surface area contributed by atoms with Crippen LogP contribution >= 0.6 is 11.6 Å². The van der Waals surface area contributed by atoms with Crippen molar-refractivity contribution in [2.45, 2.75) is 6.36 Å². The normalized spacial score (nSPS) is 11.1. The van der Waals surface area contributed by atoms with Gasteiger partial charge in [-0.2, -0.15) is 0 Å². The molecule has 0 radical (unpaired) electrons. The van der Waals surface area contributed by atoms with Gasteiger partial charge in [0.1, 0.15) is 5.75 Å². The van der Waals surface area contributed by atoms with Crippen molar-refractivity contribution in [2.75, 3.05) is 5.73 Å². The van der Waals surface area contributed by atoms with E-state index >= 15 is 0 Å². The molecule has 0 heterocycles. The van der Waals surface area contributed by atoms with Crippen LogP contribution in [0.2, 0.25) is 5.02 Å². The molecule has 18 heavy (non-hydrogen) atoms. The number of anilines is 1. The van der Waals surface area contributed by atoms with Gasteiger partial charge in [0.15, 0.2) is 0 Å². The summed E-state index contributed by atoms with van der Waals surface area (Å²) >= 11 is 5.63. The van der Waals surface area contributed by atoms with Gasteiger partial charge in [-0.15, -0.1) is 13.2 Å². The van der Waals surface area contributed by atoms with E-state index in [4.69, 9.17) is 22.4 Å². The first-order valence-electron chi connectivity index (χ1n) is 4.39. The van der Waals surface area contributed by atoms with Crippen LogP contribution in [0.5, 0.6) is 5.75 Å². The number of benzene rings is 1. The largest absolute Gasteiger partial charge is 0.573 e. The lowest BCUT2D eigenvalue weighted by molar-refractivity contribution is -0.274. The number of carbonyl (C=O) groups is 1. The zero-order valence-corrected chi connectivity index (χ0v) is 9.47. The van der Waals surface area contributed by atoms with Crippen LogP contribution in [0.3, 0.4) is 0 Å². The Balaban J connectivity index is 3.32. The van der Waals surface area contributed by atoms with E-state index in [1.54, 1.807) is 0 Å². The van der Waals surface area contributed by atoms with Crippen molar-refractivity contribution in [2.24, 2.45) is 0 Å². The molecule has 0 spiro atoms. The molecule has 0 bridgehead atoms. The molecule has 0 aliphatic rings. The standard InChI is InChI=1S/C10H7ClF3NO3/c1-4(9(16)17)7-5(15)2-3-6(8(7)11)18-10(12,13)14/h2-3H,1,15H2,(H,16,17). The molecule has 0 saturated heterocycles. The molecular weight excluding hydrogens is 275 g/mol. The van der Waals surface area contributed by atoms with Crippen LogP contribution in [0.1, 0.15) is 5.56 Å². The van der Waals surface area contributed by atoms with Crippen molar-refractivity contribution in [3.05, 3.63) is 29.3 Å². The fourth-order valence-electron chi connectivity index (χ4n) is 1.19. The number of ether oxygens (including phenoxy) is 1. The van der Waals surface area contributed by atoms with E-state index in [9.17, 15) is 18.0 Å². The first kappa shape index (κ1) is 14.2. The lowest BCUT2D eigenvalue weighted by Crippen LogP contribution is -2.18. The van der Waals surface area contributed by atoms with Gasteiger partial charge in [-0.25, -0.2) is 4.79 Å². The topological polar surface area (TPSA) is 72.5 Å². The second kappa shape index (κ2) is 4.77. The summed E-state index contributed by atoms with van der Waals surface area (Å²) in [5.74, 6) is -2.19. The van der Waals surface area contributed by atoms with E-state index < -0.39 is 28.7 Å². The molecule has 0 saturated carbocycles. The van der Waals surface area contributed by atoms with Crippen LogP contribution in [0.4, 0.5) is 18.9 Å². The summed E-state index contributed by atoms with van der Waals surface area (Å²) in [5, 5.41) is 8.18. The summed E-state index contributed by atoms with van der Waals surface area (Å²) in [6.07, 6.45) is -4.94. The highest BCUT2D eigenvalue weighted by Crippen LogP contribution is 2.38. The van der Waals surface area contributed by atoms with Crippen LogP contribution < -0.4 is 10.5 Å². The minimum Gasteiger partial charge on any atom is -0.478 e. The summed E-state index contributed by atoms with van der Waals surface area (Å²) in [6.45, 7) is 3.18. The SMILES string of the molecule is C=C(C(=O)O)c1c(N)ccc(OC(F)(F)F)c1Cl. The Bertz CT molecular complexity index is 514. The molecular formula is C10H7ClF3NO3. The smallest absolute Gasteiger partial charge is 0.478 e. The lowest BCUT2D eigenvalue weighted by Gasteiger charge is -2.14. The highest BCUT2D eigenvalue weighted by atomic mass is 35.5. The third kappa shape index (κ3) is 3.07. The highest BCUT2D eigenvalue weighted by molar-refractivity contribution is 6.36. The lowest BCUT2D eigenvalue weighted by atomic mass is 10.1. The van der Waals surface area contributed by atoms with Gasteiger partial charge in [0.05, 0.1) is 10.6 Å². The number of carboxylic acids is 1. The maximum Gasteiger partial charge on any atom is 0.573 e. The van der Waals surface area contributed by atoms with Crippen LogP contribution in [-0.4, -0.2) is 17.4 Å². The number of aliphatic carboxylic acids is 1. The molecule has 3 N–H and O–H groups in total. The van der Waals surface area contributed by atoms with Gasteiger partial charge in [-0.1, -0.05) is 18.2 Å². The van der Waals surface area contributed by atoms with Crippen molar-refractivity contribution < 1.29 is 27.8 Å². The maximum absolute atomic E-state index is 12.1. The van der Waals surface area contributed by atoms with Crippen molar-refractivity contribution in [1.82, 2.24) is 0 Å². The number of halogens is 4. The van der Waals surface area contributed by atoms with E-state index in [-0.39, 0.29) is 11.3 Å². The number of nitrogen functional groups attached to an aromatic ring is 1. The van der Waals surface area contributed by atoms with E-state index in [1.807, 2.05) is 0 Å². The van der Waals surface area contributed by atoms with Crippen molar-refractivity contribution in [1.29, 1.82) is 0 Å². The molecule has 0 fully saturated rings. The third-order valence-electron chi connectivity index (χ3n) is 1.92. The predicted octanol–water partition coefficient (Wildman–Crippen LogP) is 2.92. The van der Waals surface area contributed by atoms with E-state index in [2.05, 4.69) is 11.3 Å². The first-order valence-corrected chi connectivity index (χ1v) is 4.77. The first-order chi connectivity index (χ1) is 8.13. The van der Waals surface area contributed by atoms with Crippen LogP contribution in [0.15, 0.2) is 18.7 Å². The Morgan fingerprint density at radius 2 is 2.00 bits per heavy atom. The minimum atomic E-state index is -4.94. The third-order valence-corrected chi connectivity index (χ3v) is 2.30. The molecule has 98 valence electrons. The van der Waals surface area contributed by atoms with Gasteiger partial charge in [0, 0.05) is 11.3 Å². The summed E-state index contributed by atoms with van der Waals surface area (Å²) < 4.78 is 39.8. The Hall–Kier alpha value is -1.89. The Morgan fingerprint density at radius 3 is 2.44 bits per heavy atom. The molecule has 1 aromatic rings. The van der Waals surface area contributed by atoms with Crippen LogP contribution in [-0.2, 0) is 4.79 Å². The number of hydrogen-bond acceptors (Lipinski definition) is 3. The van der Waals surface area contributed by atoms with Crippen molar-refractivity contribution in [3.63, 3.8) is 0 Å². The van der Waals surface area contributed by atoms with Gasteiger partial charge < -0.3 is 15.6 Å². The summed E-state index contributed by atoms with van der Waals surface area (Å²) in [5.41, 5.74) is 4.51. The Labute approximate surface area is 104 Å². The average Bonchev–Trinajstić information content (AvgIpc) is 2.20. The second-order valence-electron chi connectivity index (χ2n) is 3.17. The quantitative estimate of drug-likeness (QED) is 0.660. The molecule has 0 aliphatic heterocycles. The van der Waals surface area contributed by atoms with Crippen molar-refractivity contribution in [3.8, 4) is 5.75 Å². The Kier molecular flexibility index (Phi) is 3.76. The number of rotatable bonds is 3. The zero-order chi connectivity index (χ0) is 14.1. The van der Waals surface area contributed by atoms with Gasteiger partial charge >= 0.3 is 12.3 Å². The molecule has 0 unspecified atom stereocenters. The van der Waals surface area contributed by atoms with E-state index in [0.717, 1.165) is 12.1 Å². The predicted molar refractivity (Wildman–Crippen MR) is 59.2 cm³/mol. The van der Waals surface area contributed by atoms with E-state index in [1.165, 1.54) is 0 Å². The number of hydrogen-bond donors (Lipinski definition) is 2. The van der Waals surface area contributed by atoms with Crippen molar-refractivity contribution >= 4 is 28.8 Å². The summed E-state index contributed by atoms with van der Waals surface area (Å²) in [6, 6.07) is 1.94. The maximum atomic E-state index is 12.1. The molecule has 0 aliphatic carbocycles. The highest BCUT2D eigenvalue weighted by Gasteiger charge is 2.33. The minimum absolute atomic E-state index is 0.109. The van der Waals surface area contributed by atoms with Gasteiger partial charge in [-0.3, -0.25) is 0 Å². The molecule has 0 aromatic heterocycles. The number of alkyl halides is 3. The molecule has 1 aromatic carbocycles. The zero-order valence-electron chi connectivity index (χ0n) is 8.71. The molecule has 0 amide bonds. The van der Waals surface area contributed by atoms with Gasteiger partial charge in [-0.05, 0) is 12.1 Å². The Morgan fingerprint density at radius 1 is 1.44 bits per heavy atom. The summed E-state index contributed by atoms with van der Waals surface area (Å²) in [7, 11) is 0. The molecule has 0 atom stereocenters. The molecule has 1 rings (SSSR count). The van der Waals surface area contributed by atoms with Crippen LogP contribution in [0, 0.1) is 0 Å². The van der Waals surface area contributed by atoms with Gasteiger partial charge in [0.2, 0.25) is 0 Å². The van der Waals surface area contributed by atoms with E-state index in [0.29, 0.717) is 0 Å². The average molecular weight is 282 g/mol. The summed E-state index contributed by atoms with van der Waals surface area (Å²) in [4.78, 5) is 10.7. The fourth-order valence-corrected chi connectivity index (χ4v) is 1.51. The molecule has 4 nitrogen and oxygen atoms in total. The van der Waals surface area contributed by atoms with Gasteiger partial charge in [0.25, 0.3) is 0 Å². The van der Waals surface area contributed by atoms with Crippen LogP contribution in [0.25, 0.3) is 5.57 Å². The second-order valence-corrected chi connectivity index (χ2v) is 3.55. The number of carboxylic acid groups (broad SMARTS) is 1. The monoisotopic (exact) mass is 281 g/mol. The fraction of sp³-hybridized carbons (Fsp3) is 0.100. The number of nitrogens with two attached hydrogens (primary N) is 1. The molecule has 8 heteroatoms.